The first kappa shape index (κ1) is 17.8. The van der Waals surface area contributed by atoms with Crippen LogP contribution in [0.25, 0.3) is 0 Å². The lowest BCUT2D eigenvalue weighted by atomic mass is 10.2. The van der Waals surface area contributed by atoms with E-state index >= 15 is 0 Å². The maximum Gasteiger partial charge on any atom is 0.408 e. The molecule has 0 aliphatic rings. The largest absolute Gasteiger partial charge is 0.480 e. The van der Waals surface area contributed by atoms with Crippen LogP contribution in [-0.2, 0) is 20.9 Å². The van der Waals surface area contributed by atoms with Gasteiger partial charge in [-0.3, -0.25) is 9.59 Å². The number of hydrogen-bond donors (Lipinski definition) is 3. The van der Waals surface area contributed by atoms with Gasteiger partial charge in [0.25, 0.3) is 0 Å². The van der Waals surface area contributed by atoms with Crippen molar-refractivity contribution in [3.05, 3.63) is 35.9 Å². The second-order valence-electron chi connectivity index (χ2n) is 4.33. The molecule has 0 saturated carbocycles. The van der Waals surface area contributed by atoms with Crippen molar-refractivity contribution >= 4 is 29.7 Å². The summed E-state index contributed by atoms with van der Waals surface area (Å²) in [6.07, 6.45) is 1.04. The van der Waals surface area contributed by atoms with E-state index in [9.17, 15) is 14.4 Å². The van der Waals surface area contributed by atoms with Crippen LogP contribution in [0.5, 0.6) is 0 Å². The zero-order valence-electron chi connectivity index (χ0n) is 12.1. The number of nitrogens with one attached hydrogen (secondary N) is 2. The predicted octanol–water partition coefficient (Wildman–Crippen LogP) is 0.845. The van der Waals surface area contributed by atoms with Crippen LogP contribution in [0.3, 0.4) is 0 Å². The van der Waals surface area contributed by atoms with Gasteiger partial charge in [-0.25, -0.2) is 4.79 Å². The Balaban J connectivity index is 2.45. The molecule has 0 aliphatic heterocycles. The van der Waals surface area contributed by atoms with Crippen LogP contribution in [0.1, 0.15) is 5.56 Å². The molecule has 7 nitrogen and oxygen atoms in total. The Morgan fingerprint density at radius 1 is 1.27 bits per heavy atom. The predicted molar refractivity (Wildman–Crippen MR) is 82.6 cm³/mol. The van der Waals surface area contributed by atoms with Crippen molar-refractivity contribution in [2.24, 2.45) is 0 Å². The molecule has 1 atom stereocenters. The molecule has 2 amide bonds. The first-order valence-electron chi connectivity index (χ1n) is 6.48. The zero-order chi connectivity index (χ0) is 16.4. The second-order valence-corrected chi connectivity index (χ2v) is 5.24. The molecule has 0 radical (unpaired) electrons. The lowest BCUT2D eigenvalue weighted by Gasteiger charge is -2.16. The molecule has 0 fully saturated rings. The molecule has 1 rings (SSSR count). The Morgan fingerprint density at radius 2 is 1.95 bits per heavy atom. The minimum atomic E-state index is -1.15. The van der Waals surface area contributed by atoms with Gasteiger partial charge in [0.15, 0.2) is 0 Å². The number of ether oxygens (including phenoxy) is 1. The molecular weight excluding hydrogens is 308 g/mol. The maximum atomic E-state index is 11.8. The smallest absolute Gasteiger partial charge is 0.408 e. The number of benzene rings is 1. The maximum absolute atomic E-state index is 11.8. The summed E-state index contributed by atoms with van der Waals surface area (Å²) >= 11 is 1.35. The van der Waals surface area contributed by atoms with Crippen LogP contribution in [-0.4, -0.2) is 47.7 Å². The fourth-order valence-corrected chi connectivity index (χ4v) is 2.11. The first-order valence-corrected chi connectivity index (χ1v) is 7.88. The van der Waals surface area contributed by atoms with Crippen molar-refractivity contribution in [2.75, 3.05) is 18.6 Å². The Bertz CT molecular complexity index is 509. The molecule has 1 aromatic carbocycles. The number of alkyl carbamates (subject to hydrolysis) is 1. The number of carboxylic acid groups (broad SMARTS) is 1. The van der Waals surface area contributed by atoms with Gasteiger partial charge in [-0.15, -0.1) is 0 Å². The second kappa shape index (κ2) is 9.67. The number of hydrogen-bond acceptors (Lipinski definition) is 5. The van der Waals surface area contributed by atoms with Gasteiger partial charge in [0, 0.05) is 5.75 Å². The number of carboxylic acids is 1. The van der Waals surface area contributed by atoms with Crippen LogP contribution < -0.4 is 10.6 Å². The van der Waals surface area contributed by atoms with Gasteiger partial charge >= 0.3 is 12.1 Å². The summed E-state index contributed by atoms with van der Waals surface area (Å²) in [6.45, 7) is -0.403. The molecule has 0 bridgehead atoms. The highest BCUT2D eigenvalue weighted by atomic mass is 32.2. The van der Waals surface area contributed by atoms with E-state index < -0.39 is 30.6 Å². The van der Waals surface area contributed by atoms with Crippen LogP contribution in [0.2, 0.25) is 0 Å². The van der Waals surface area contributed by atoms with Crippen molar-refractivity contribution in [2.45, 2.75) is 12.6 Å². The number of carbonyl (C=O) groups is 3. The monoisotopic (exact) mass is 326 g/mol. The fourth-order valence-electron chi connectivity index (χ4n) is 1.54. The minimum absolute atomic E-state index is 0.0927. The van der Waals surface area contributed by atoms with Gasteiger partial charge in [0.2, 0.25) is 5.91 Å². The fraction of sp³-hybridized carbons (Fsp3) is 0.357. The van der Waals surface area contributed by atoms with E-state index in [1.54, 1.807) is 6.26 Å². The van der Waals surface area contributed by atoms with Crippen LogP contribution >= 0.6 is 11.8 Å². The van der Waals surface area contributed by atoms with Gasteiger partial charge in [0.1, 0.15) is 19.2 Å². The van der Waals surface area contributed by atoms with E-state index in [1.165, 1.54) is 11.8 Å². The molecular formula is C14H18N2O5S. The van der Waals surface area contributed by atoms with Crippen molar-refractivity contribution in [1.82, 2.24) is 10.6 Å². The third-order valence-electron chi connectivity index (χ3n) is 2.57. The van der Waals surface area contributed by atoms with E-state index in [2.05, 4.69) is 10.6 Å². The topological polar surface area (TPSA) is 105 Å². The minimum Gasteiger partial charge on any atom is -0.480 e. The Morgan fingerprint density at radius 3 is 2.55 bits per heavy atom. The number of rotatable bonds is 8. The SMILES string of the molecule is CSC[C@H](NC(=O)OCc1ccccc1)C(=O)NCC(=O)O. The Labute approximate surface area is 132 Å². The van der Waals surface area contributed by atoms with Gasteiger partial charge < -0.3 is 20.5 Å². The molecule has 0 spiro atoms. The quantitative estimate of drug-likeness (QED) is 0.654. The average molecular weight is 326 g/mol. The molecule has 120 valence electrons. The molecule has 22 heavy (non-hydrogen) atoms. The molecule has 0 aliphatic carbocycles. The standard InChI is InChI=1S/C14H18N2O5S/c1-22-9-11(13(19)15-7-12(17)18)16-14(20)21-8-10-5-3-2-4-6-10/h2-6,11H,7-9H2,1H3,(H,15,19)(H,16,20)(H,17,18)/t11-/m0/s1. The van der Waals surface area contributed by atoms with Crippen LogP contribution in [0, 0.1) is 0 Å². The van der Waals surface area contributed by atoms with Gasteiger partial charge in [-0.05, 0) is 11.8 Å². The molecule has 0 heterocycles. The summed E-state index contributed by atoms with van der Waals surface area (Å²) in [5.41, 5.74) is 0.828. The number of aliphatic carboxylic acids is 1. The summed E-state index contributed by atoms with van der Waals surface area (Å²) < 4.78 is 5.03. The summed E-state index contributed by atoms with van der Waals surface area (Å²) in [5, 5.41) is 13.2. The number of amides is 2. The number of carbonyl (C=O) groups excluding carboxylic acids is 2. The summed E-state index contributed by atoms with van der Waals surface area (Å²) in [5.74, 6) is -1.40. The average Bonchev–Trinajstić information content (AvgIpc) is 2.51. The van der Waals surface area contributed by atoms with Crippen LogP contribution in [0.15, 0.2) is 30.3 Å². The molecule has 8 heteroatoms. The van der Waals surface area contributed by atoms with E-state index in [-0.39, 0.29) is 6.61 Å². The highest BCUT2D eigenvalue weighted by Crippen LogP contribution is 2.02. The van der Waals surface area contributed by atoms with Gasteiger partial charge in [-0.2, -0.15) is 11.8 Å². The molecule has 3 N–H and O–H groups in total. The van der Waals surface area contributed by atoms with E-state index in [0.717, 1.165) is 5.56 Å². The van der Waals surface area contributed by atoms with E-state index in [4.69, 9.17) is 9.84 Å². The van der Waals surface area contributed by atoms with Gasteiger partial charge in [0.05, 0.1) is 0 Å². The number of thioether (sulfide) groups is 1. The molecule has 0 saturated heterocycles. The lowest BCUT2D eigenvalue weighted by Crippen LogP contribution is -2.49. The molecule has 0 unspecified atom stereocenters. The van der Waals surface area contributed by atoms with Crippen molar-refractivity contribution in [3.63, 3.8) is 0 Å². The van der Waals surface area contributed by atoms with Crippen molar-refractivity contribution < 1.29 is 24.2 Å². The van der Waals surface area contributed by atoms with Gasteiger partial charge in [-0.1, -0.05) is 30.3 Å². The first-order chi connectivity index (χ1) is 10.5. The van der Waals surface area contributed by atoms with Crippen LogP contribution in [0.4, 0.5) is 4.79 Å². The van der Waals surface area contributed by atoms with Crippen molar-refractivity contribution in [1.29, 1.82) is 0 Å². The highest BCUT2D eigenvalue weighted by molar-refractivity contribution is 7.98. The Hall–Kier alpha value is -2.22. The normalized spacial score (nSPS) is 11.3. The molecule has 1 aromatic rings. The lowest BCUT2D eigenvalue weighted by molar-refractivity contribution is -0.138. The Kier molecular flexibility index (Phi) is 7.84. The molecule has 0 aromatic heterocycles. The summed E-state index contributed by atoms with van der Waals surface area (Å²) in [6, 6.07) is 8.28. The van der Waals surface area contributed by atoms with E-state index in [0.29, 0.717) is 5.75 Å². The van der Waals surface area contributed by atoms with E-state index in [1.807, 2.05) is 30.3 Å². The zero-order valence-corrected chi connectivity index (χ0v) is 12.9. The highest BCUT2D eigenvalue weighted by Gasteiger charge is 2.21. The third-order valence-corrected chi connectivity index (χ3v) is 3.24. The summed E-state index contributed by atoms with van der Waals surface area (Å²) in [7, 11) is 0. The van der Waals surface area contributed by atoms with Crippen molar-refractivity contribution in [3.8, 4) is 0 Å². The third kappa shape index (κ3) is 6.98. The summed E-state index contributed by atoms with van der Waals surface area (Å²) in [4.78, 5) is 33.9.